The lowest BCUT2D eigenvalue weighted by atomic mass is 9.73. The van der Waals surface area contributed by atoms with Crippen LogP contribution in [0.15, 0.2) is 24.3 Å². The molecule has 1 aliphatic carbocycles. The molecule has 0 aromatic heterocycles. The summed E-state index contributed by atoms with van der Waals surface area (Å²) < 4.78 is 10.4. The van der Waals surface area contributed by atoms with Crippen molar-refractivity contribution >= 4 is 0 Å². The van der Waals surface area contributed by atoms with Crippen LogP contribution in [0.2, 0.25) is 0 Å². The van der Waals surface area contributed by atoms with Crippen molar-refractivity contribution in [3.8, 4) is 5.75 Å². The van der Waals surface area contributed by atoms with Crippen molar-refractivity contribution in [2.75, 3.05) is 33.9 Å². The second kappa shape index (κ2) is 7.09. The predicted octanol–water partition coefficient (Wildman–Crippen LogP) is 2.99. The molecule has 112 valence electrons. The monoisotopic (exact) mass is 277 g/mol. The summed E-state index contributed by atoms with van der Waals surface area (Å²) >= 11 is 0. The van der Waals surface area contributed by atoms with Crippen molar-refractivity contribution in [2.45, 2.75) is 31.6 Å². The van der Waals surface area contributed by atoms with Crippen molar-refractivity contribution < 1.29 is 9.47 Å². The van der Waals surface area contributed by atoms with Gasteiger partial charge < -0.3 is 14.8 Å². The maximum atomic E-state index is 5.27. The highest BCUT2D eigenvalue weighted by Crippen LogP contribution is 2.45. The van der Waals surface area contributed by atoms with Crippen LogP contribution in [0, 0.1) is 5.92 Å². The molecule has 20 heavy (non-hydrogen) atoms. The normalized spacial score (nSPS) is 25.9. The number of rotatable bonds is 7. The molecule has 0 amide bonds. The van der Waals surface area contributed by atoms with Crippen LogP contribution >= 0.6 is 0 Å². The van der Waals surface area contributed by atoms with Crippen LogP contribution in [0.5, 0.6) is 5.75 Å². The van der Waals surface area contributed by atoms with Gasteiger partial charge in [0.25, 0.3) is 0 Å². The Labute approximate surface area is 122 Å². The molecular formula is C17H27NO2. The van der Waals surface area contributed by atoms with Gasteiger partial charge in [0.2, 0.25) is 0 Å². The van der Waals surface area contributed by atoms with Gasteiger partial charge in [0.1, 0.15) is 5.75 Å². The van der Waals surface area contributed by atoms with Gasteiger partial charge in [0.05, 0.1) is 13.7 Å². The van der Waals surface area contributed by atoms with E-state index < -0.39 is 0 Å². The number of ether oxygens (including phenoxy) is 2. The fraction of sp³-hybridized carbons (Fsp3) is 0.647. The van der Waals surface area contributed by atoms with Gasteiger partial charge in [-0.05, 0) is 36.5 Å². The number of hydrogen-bond acceptors (Lipinski definition) is 3. The Hall–Kier alpha value is -1.06. The molecule has 1 aromatic carbocycles. The van der Waals surface area contributed by atoms with E-state index in [0.29, 0.717) is 5.92 Å². The Bertz CT molecular complexity index is 404. The van der Waals surface area contributed by atoms with E-state index in [1.165, 1.54) is 24.8 Å². The first-order valence-corrected chi connectivity index (χ1v) is 7.57. The van der Waals surface area contributed by atoms with Crippen LogP contribution in [0.1, 0.15) is 31.7 Å². The van der Waals surface area contributed by atoms with Crippen LogP contribution in [0.25, 0.3) is 0 Å². The van der Waals surface area contributed by atoms with Gasteiger partial charge in [-0.1, -0.05) is 25.5 Å². The number of hydrogen-bond donors (Lipinski definition) is 1. The first kappa shape index (κ1) is 15.3. The summed E-state index contributed by atoms with van der Waals surface area (Å²) in [5, 5.41) is 3.57. The zero-order valence-corrected chi connectivity index (χ0v) is 12.9. The molecule has 0 radical (unpaired) electrons. The third-order valence-corrected chi connectivity index (χ3v) is 4.79. The molecule has 0 saturated heterocycles. The smallest absolute Gasteiger partial charge is 0.118 e. The van der Waals surface area contributed by atoms with Crippen LogP contribution in [-0.2, 0) is 10.2 Å². The molecule has 0 spiro atoms. The van der Waals surface area contributed by atoms with Crippen molar-refractivity contribution in [1.29, 1.82) is 0 Å². The molecule has 1 aliphatic rings. The first-order valence-electron chi connectivity index (χ1n) is 7.57. The lowest BCUT2D eigenvalue weighted by Gasteiger charge is -2.35. The summed E-state index contributed by atoms with van der Waals surface area (Å²) in [6.07, 6.45) is 3.90. The summed E-state index contributed by atoms with van der Waals surface area (Å²) in [6.45, 7) is 5.10. The SMILES string of the molecule is COCCNCC1(c2ccc(OC)cc2)CCCC1C. The largest absolute Gasteiger partial charge is 0.497 e. The van der Waals surface area contributed by atoms with Crippen molar-refractivity contribution in [3.63, 3.8) is 0 Å². The van der Waals surface area contributed by atoms with E-state index in [2.05, 4.69) is 36.5 Å². The fourth-order valence-electron chi connectivity index (χ4n) is 3.45. The molecule has 0 bridgehead atoms. The molecule has 1 fully saturated rings. The van der Waals surface area contributed by atoms with Crippen molar-refractivity contribution in [1.82, 2.24) is 5.32 Å². The van der Waals surface area contributed by atoms with E-state index in [0.717, 1.165) is 25.4 Å². The van der Waals surface area contributed by atoms with Gasteiger partial charge in [-0.25, -0.2) is 0 Å². The Morgan fingerprint density at radius 1 is 1.25 bits per heavy atom. The standard InChI is InChI=1S/C17H27NO2/c1-14-5-4-10-17(14,13-18-11-12-19-2)15-6-8-16(20-3)9-7-15/h6-9,14,18H,4-5,10-13H2,1-3H3. The lowest BCUT2D eigenvalue weighted by Crippen LogP contribution is -2.41. The minimum atomic E-state index is 0.264. The number of benzene rings is 1. The average Bonchev–Trinajstić information content (AvgIpc) is 2.86. The number of methoxy groups -OCH3 is 2. The van der Waals surface area contributed by atoms with Gasteiger partial charge in [-0.2, -0.15) is 0 Å². The molecule has 2 unspecified atom stereocenters. The molecule has 0 heterocycles. The average molecular weight is 277 g/mol. The first-order chi connectivity index (χ1) is 9.73. The van der Waals surface area contributed by atoms with E-state index in [-0.39, 0.29) is 5.41 Å². The summed E-state index contributed by atoms with van der Waals surface area (Å²) in [5.41, 5.74) is 1.70. The molecule has 3 heteroatoms. The van der Waals surface area contributed by atoms with E-state index in [1.807, 2.05) is 0 Å². The van der Waals surface area contributed by atoms with Gasteiger partial charge >= 0.3 is 0 Å². The molecule has 0 aliphatic heterocycles. The van der Waals surface area contributed by atoms with Gasteiger partial charge in [0.15, 0.2) is 0 Å². The molecule has 2 atom stereocenters. The molecule has 1 N–H and O–H groups in total. The third kappa shape index (κ3) is 3.15. The molecular weight excluding hydrogens is 250 g/mol. The highest BCUT2D eigenvalue weighted by Gasteiger charge is 2.41. The molecule has 1 aromatic rings. The second-order valence-electron chi connectivity index (χ2n) is 5.85. The molecule has 1 saturated carbocycles. The molecule has 2 rings (SSSR count). The Balaban J connectivity index is 2.13. The summed E-state index contributed by atoms with van der Waals surface area (Å²) in [4.78, 5) is 0. The quantitative estimate of drug-likeness (QED) is 0.777. The maximum Gasteiger partial charge on any atom is 0.118 e. The predicted molar refractivity (Wildman–Crippen MR) is 82.4 cm³/mol. The van der Waals surface area contributed by atoms with E-state index in [9.17, 15) is 0 Å². The minimum absolute atomic E-state index is 0.264. The maximum absolute atomic E-state index is 5.27. The van der Waals surface area contributed by atoms with Gasteiger partial charge in [0, 0.05) is 25.6 Å². The van der Waals surface area contributed by atoms with Crippen LogP contribution < -0.4 is 10.1 Å². The number of nitrogens with one attached hydrogen (secondary N) is 1. The Kier molecular flexibility index (Phi) is 5.44. The van der Waals surface area contributed by atoms with Crippen LogP contribution in [0.3, 0.4) is 0 Å². The summed E-state index contributed by atoms with van der Waals surface area (Å²) in [7, 11) is 3.47. The highest BCUT2D eigenvalue weighted by molar-refractivity contribution is 5.34. The highest BCUT2D eigenvalue weighted by atomic mass is 16.5. The van der Waals surface area contributed by atoms with Gasteiger partial charge in [-0.3, -0.25) is 0 Å². The van der Waals surface area contributed by atoms with Crippen LogP contribution in [-0.4, -0.2) is 33.9 Å². The topological polar surface area (TPSA) is 30.5 Å². The van der Waals surface area contributed by atoms with Crippen LogP contribution in [0.4, 0.5) is 0 Å². The van der Waals surface area contributed by atoms with Crippen molar-refractivity contribution in [3.05, 3.63) is 29.8 Å². The van der Waals surface area contributed by atoms with E-state index in [1.54, 1.807) is 14.2 Å². The van der Waals surface area contributed by atoms with E-state index in [4.69, 9.17) is 9.47 Å². The summed E-state index contributed by atoms with van der Waals surface area (Å²) in [5.74, 6) is 1.65. The van der Waals surface area contributed by atoms with Crippen molar-refractivity contribution in [2.24, 2.45) is 5.92 Å². The molecule has 3 nitrogen and oxygen atoms in total. The van der Waals surface area contributed by atoms with E-state index >= 15 is 0 Å². The van der Waals surface area contributed by atoms with Gasteiger partial charge in [-0.15, -0.1) is 0 Å². The third-order valence-electron chi connectivity index (χ3n) is 4.79. The summed E-state index contributed by atoms with van der Waals surface area (Å²) in [6, 6.07) is 8.63. The lowest BCUT2D eigenvalue weighted by molar-refractivity contribution is 0.194. The minimum Gasteiger partial charge on any atom is -0.497 e. The zero-order valence-electron chi connectivity index (χ0n) is 12.9. The Morgan fingerprint density at radius 3 is 2.55 bits per heavy atom. The fourth-order valence-corrected chi connectivity index (χ4v) is 3.45. The Morgan fingerprint density at radius 2 is 2.00 bits per heavy atom. The zero-order chi connectivity index (χ0) is 14.4. The second-order valence-corrected chi connectivity index (χ2v) is 5.85.